The molecule has 0 atom stereocenters. The van der Waals surface area contributed by atoms with Crippen LogP contribution in [-0.4, -0.2) is 68.9 Å². The number of furan rings is 1. The minimum Gasteiger partial charge on any atom is -0.451 e. The summed E-state index contributed by atoms with van der Waals surface area (Å²) < 4.78 is 66.7. The van der Waals surface area contributed by atoms with Gasteiger partial charge in [0, 0.05) is 44.5 Å². The van der Waals surface area contributed by atoms with Gasteiger partial charge in [0.05, 0.1) is 11.3 Å². The summed E-state index contributed by atoms with van der Waals surface area (Å²) in [6.45, 7) is 2.34. The molecule has 0 radical (unpaired) electrons. The second-order valence-corrected chi connectivity index (χ2v) is 9.27. The van der Waals surface area contributed by atoms with Crippen molar-refractivity contribution in [3.8, 4) is 11.3 Å². The van der Waals surface area contributed by atoms with Crippen LogP contribution in [0.4, 0.5) is 13.2 Å². The first-order valence-corrected chi connectivity index (χ1v) is 11.1. The van der Waals surface area contributed by atoms with Gasteiger partial charge in [-0.2, -0.15) is 13.2 Å². The van der Waals surface area contributed by atoms with E-state index in [4.69, 9.17) is 4.42 Å². The van der Waals surface area contributed by atoms with E-state index >= 15 is 0 Å². The van der Waals surface area contributed by atoms with Crippen LogP contribution in [0.2, 0.25) is 0 Å². The molecule has 0 unspecified atom stereocenters. The van der Waals surface area contributed by atoms with Crippen molar-refractivity contribution in [3.05, 3.63) is 47.7 Å². The van der Waals surface area contributed by atoms with Crippen LogP contribution in [-0.2, 0) is 16.0 Å². The van der Waals surface area contributed by atoms with Crippen molar-refractivity contribution in [3.63, 3.8) is 0 Å². The molecular weight excluding hydrogens is 409 g/mol. The summed E-state index contributed by atoms with van der Waals surface area (Å²) >= 11 is 0. The highest BCUT2D eigenvalue weighted by Gasteiger charge is 2.31. The molecule has 1 saturated heterocycles. The van der Waals surface area contributed by atoms with Crippen LogP contribution in [0.25, 0.3) is 11.3 Å². The first-order chi connectivity index (χ1) is 13.5. The minimum atomic E-state index is -4.46. The van der Waals surface area contributed by atoms with Crippen LogP contribution in [0.3, 0.4) is 0 Å². The van der Waals surface area contributed by atoms with E-state index in [-0.39, 0.29) is 28.7 Å². The first kappa shape index (κ1) is 21.4. The lowest BCUT2D eigenvalue weighted by molar-refractivity contribution is -0.137. The molecule has 0 bridgehead atoms. The number of alkyl halides is 3. The Hall–Kier alpha value is -2.33. The Kier molecular flexibility index (Phi) is 6.04. The number of carbonyl (C=O) groups excluding carboxylic acids is 1. The van der Waals surface area contributed by atoms with E-state index in [0.29, 0.717) is 32.7 Å². The molecule has 2 aromatic rings. The lowest BCUT2D eigenvalue weighted by Gasteiger charge is -2.34. The van der Waals surface area contributed by atoms with Crippen LogP contribution < -0.4 is 0 Å². The Balaban J connectivity index is 1.63. The summed E-state index contributed by atoms with van der Waals surface area (Å²) in [5.41, 5.74) is -0.547. The normalized spacial score (nSPS) is 16.2. The van der Waals surface area contributed by atoms with Crippen molar-refractivity contribution in [2.75, 3.05) is 44.7 Å². The largest absolute Gasteiger partial charge is 0.451 e. The number of nitrogens with zero attached hydrogens (tertiary/aromatic N) is 2. The summed E-state index contributed by atoms with van der Waals surface area (Å²) in [5, 5.41) is 0. The van der Waals surface area contributed by atoms with Crippen molar-refractivity contribution in [1.29, 1.82) is 0 Å². The van der Waals surface area contributed by atoms with Crippen LogP contribution in [0.15, 0.2) is 40.8 Å². The molecule has 3 rings (SSSR count). The van der Waals surface area contributed by atoms with Crippen molar-refractivity contribution >= 4 is 15.7 Å². The molecule has 1 aliphatic heterocycles. The summed E-state index contributed by atoms with van der Waals surface area (Å²) in [4.78, 5) is 16.2. The predicted molar refractivity (Wildman–Crippen MR) is 101 cm³/mol. The van der Waals surface area contributed by atoms with Gasteiger partial charge in [0.2, 0.25) is 0 Å². The second-order valence-electron chi connectivity index (χ2n) is 7.01. The number of piperazine rings is 1. The van der Waals surface area contributed by atoms with Crippen molar-refractivity contribution < 1.29 is 30.8 Å². The van der Waals surface area contributed by atoms with Gasteiger partial charge in [-0.15, -0.1) is 0 Å². The molecule has 1 amide bonds. The molecule has 2 heterocycles. The zero-order chi connectivity index (χ0) is 21.2. The Bertz CT molecular complexity index is 977. The summed E-state index contributed by atoms with van der Waals surface area (Å²) in [6, 6.07) is 7.66. The maximum Gasteiger partial charge on any atom is 0.416 e. The number of benzene rings is 1. The topological polar surface area (TPSA) is 70.8 Å². The monoisotopic (exact) mass is 430 g/mol. The first-order valence-electron chi connectivity index (χ1n) is 9.00. The van der Waals surface area contributed by atoms with Crippen molar-refractivity contribution in [2.24, 2.45) is 0 Å². The molecule has 1 fully saturated rings. The fraction of sp³-hybridized carbons (Fsp3) is 0.421. The third-order valence-corrected chi connectivity index (χ3v) is 5.65. The highest BCUT2D eigenvalue weighted by molar-refractivity contribution is 7.90. The van der Waals surface area contributed by atoms with Gasteiger partial charge in [0.1, 0.15) is 15.6 Å². The number of halogens is 3. The SMILES string of the molecule is CS(=O)(=O)CCN1CCN(C(=O)c2ccc(-c3cccc(C(F)(F)F)c3)o2)CC1. The molecule has 29 heavy (non-hydrogen) atoms. The maximum absolute atomic E-state index is 12.9. The van der Waals surface area contributed by atoms with Gasteiger partial charge in [0.25, 0.3) is 5.91 Å². The number of hydrogen-bond donors (Lipinski definition) is 0. The van der Waals surface area contributed by atoms with Gasteiger partial charge in [-0.05, 0) is 24.3 Å². The van der Waals surface area contributed by atoms with E-state index in [1.165, 1.54) is 30.5 Å². The summed E-state index contributed by atoms with van der Waals surface area (Å²) in [5.74, 6) is -0.0290. The van der Waals surface area contributed by atoms with E-state index in [1.54, 1.807) is 4.90 Å². The zero-order valence-electron chi connectivity index (χ0n) is 15.8. The van der Waals surface area contributed by atoms with Crippen LogP contribution in [0.5, 0.6) is 0 Å². The highest BCUT2D eigenvalue weighted by atomic mass is 32.2. The Morgan fingerprint density at radius 1 is 1.10 bits per heavy atom. The second kappa shape index (κ2) is 8.19. The number of hydrogen-bond acceptors (Lipinski definition) is 5. The molecule has 10 heteroatoms. The third-order valence-electron chi connectivity index (χ3n) is 4.73. The number of sulfone groups is 1. The fourth-order valence-electron chi connectivity index (χ4n) is 3.08. The molecule has 0 saturated carbocycles. The van der Waals surface area contributed by atoms with Crippen molar-refractivity contribution in [2.45, 2.75) is 6.18 Å². The lowest BCUT2D eigenvalue weighted by Crippen LogP contribution is -2.49. The van der Waals surface area contributed by atoms with Crippen LogP contribution in [0, 0.1) is 0 Å². The predicted octanol–water partition coefficient (Wildman–Crippen LogP) is 2.77. The Labute approximate surface area is 166 Å². The smallest absolute Gasteiger partial charge is 0.416 e. The number of carbonyl (C=O) groups is 1. The number of amides is 1. The quantitative estimate of drug-likeness (QED) is 0.730. The van der Waals surface area contributed by atoms with Gasteiger partial charge in [-0.3, -0.25) is 9.69 Å². The van der Waals surface area contributed by atoms with E-state index in [0.717, 1.165) is 12.1 Å². The summed E-state index contributed by atoms with van der Waals surface area (Å²) in [7, 11) is -3.04. The Morgan fingerprint density at radius 2 is 1.79 bits per heavy atom. The Morgan fingerprint density at radius 3 is 2.41 bits per heavy atom. The summed E-state index contributed by atoms with van der Waals surface area (Å²) in [6.07, 6.45) is -3.27. The van der Waals surface area contributed by atoms with Gasteiger partial charge in [-0.1, -0.05) is 12.1 Å². The fourth-order valence-corrected chi connectivity index (χ4v) is 3.67. The molecule has 0 aliphatic carbocycles. The highest BCUT2D eigenvalue weighted by Crippen LogP contribution is 2.32. The molecule has 0 N–H and O–H groups in total. The molecule has 1 aliphatic rings. The van der Waals surface area contributed by atoms with Gasteiger partial charge >= 0.3 is 6.18 Å². The van der Waals surface area contributed by atoms with Gasteiger partial charge < -0.3 is 9.32 Å². The van der Waals surface area contributed by atoms with Gasteiger partial charge in [-0.25, -0.2) is 8.42 Å². The van der Waals surface area contributed by atoms with Crippen molar-refractivity contribution in [1.82, 2.24) is 9.80 Å². The minimum absolute atomic E-state index is 0.0574. The molecule has 1 aromatic heterocycles. The molecule has 1 aromatic carbocycles. The van der Waals surface area contributed by atoms with Crippen LogP contribution in [0.1, 0.15) is 16.1 Å². The molecule has 0 spiro atoms. The third kappa shape index (κ3) is 5.60. The zero-order valence-corrected chi connectivity index (χ0v) is 16.6. The van der Waals surface area contributed by atoms with Gasteiger partial charge in [0.15, 0.2) is 5.76 Å². The number of rotatable bonds is 5. The molecule has 158 valence electrons. The van der Waals surface area contributed by atoms with Crippen LogP contribution >= 0.6 is 0 Å². The van der Waals surface area contributed by atoms with E-state index in [9.17, 15) is 26.4 Å². The van der Waals surface area contributed by atoms with E-state index in [1.807, 2.05) is 4.90 Å². The maximum atomic E-state index is 12.9. The molecule has 6 nitrogen and oxygen atoms in total. The average Bonchev–Trinajstić information content (AvgIpc) is 3.15. The standard InChI is InChI=1S/C19H21F3N2O4S/c1-29(26,27)12-11-23-7-9-24(10-8-23)18(25)17-6-5-16(28-17)14-3-2-4-15(13-14)19(20,21)22/h2-6,13H,7-12H2,1H3. The lowest BCUT2D eigenvalue weighted by atomic mass is 10.1. The van der Waals surface area contributed by atoms with E-state index < -0.39 is 21.6 Å². The average molecular weight is 430 g/mol. The molecular formula is C19H21F3N2O4S. The van der Waals surface area contributed by atoms with E-state index in [2.05, 4.69) is 0 Å².